The van der Waals surface area contributed by atoms with Crippen LogP contribution in [0, 0.1) is 5.92 Å². The Morgan fingerprint density at radius 3 is 2.17 bits per heavy atom. The van der Waals surface area contributed by atoms with E-state index in [9.17, 15) is 18.0 Å². The summed E-state index contributed by atoms with van der Waals surface area (Å²) in [6, 6.07) is 0.202. The van der Waals surface area contributed by atoms with Gasteiger partial charge < -0.3 is 15.6 Å². The minimum absolute atomic E-state index is 0.0590. The van der Waals surface area contributed by atoms with Crippen LogP contribution in [0.15, 0.2) is 0 Å². The molecule has 18 heavy (non-hydrogen) atoms. The number of carbonyl (C=O) groups is 2. The fourth-order valence-electron chi connectivity index (χ4n) is 1.61. The molecular weight excluding hydrogens is 255 g/mol. The first-order valence-electron chi connectivity index (χ1n) is 5.32. The Balaban J connectivity index is 0.000000360. The maximum atomic E-state index is 11.0. The molecule has 2 atom stereocenters. The second kappa shape index (κ2) is 7.20. The van der Waals surface area contributed by atoms with Gasteiger partial charge in [-0.25, -0.2) is 4.79 Å². The largest absolute Gasteiger partial charge is 0.490 e. The Labute approximate surface area is 102 Å². The predicted octanol–water partition coefficient (Wildman–Crippen LogP) is 1.31. The summed E-state index contributed by atoms with van der Waals surface area (Å²) in [4.78, 5) is 19.9. The molecule has 0 aromatic rings. The van der Waals surface area contributed by atoms with Crippen LogP contribution < -0.4 is 5.73 Å². The lowest BCUT2D eigenvalue weighted by atomic mass is 9.86. The van der Waals surface area contributed by atoms with E-state index < -0.39 is 12.1 Å². The highest BCUT2D eigenvalue weighted by Gasteiger charge is 2.38. The third-order valence-corrected chi connectivity index (χ3v) is 2.49. The third kappa shape index (κ3) is 6.43. The maximum Gasteiger partial charge on any atom is 0.490 e. The summed E-state index contributed by atoms with van der Waals surface area (Å²) in [5.74, 6) is -2.79. The van der Waals surface area contributed by atoms with E-state index in [4.69, 9.17) is 15.6 Å². The minimum Gasteiger partial charge on any atom is -0.475 e. The molecule has 0 saturated heterocycles. The average Bonchev–Trinajstić information content (AvgIpc) is 2.27. The number of hydrogen-bond donors (Lipinski definition) is 2. The predicted molar refractivity (Wildman–Crippen MR) is 55.6 cm³/mol. The molecule has 0 bridgehead atoms. The van der Waals surface area contributed by atoms with Crippen LogP contribution in [0.5, 0.6) is 0 Å². The Hall–Kier alpha value is -1.31. The lowest BCUT2D eigenvalue weighted by Gasteiger charge is -2.24. The molecule has 0 spiro atoms. The molecule has 1 aliphatic rings. The maximum absolute atomic E-state index is 11.0. The summed E-state index contributed by atoms with van der Waals surface area (Å²) in [5.41, 5.74) is 5.71. The van der Waals surface area contributed by atoms with Gasteiger partial charge in [-0.2, -0.15) is 13.2 Å². The normalized spacial score (nSPS) is 23.6. The fourth-order valence-corrected chi connectivity index (χ4v) is 1.61. The number of alkyl halides is 3. The molecule has 0 radical (unpaired) electrons. The second-order valence-electron chi connectivity index (χ2n) is 3.95. The monoisotopic (exact) mass is 271 g/mol. The van der Waals surface area contributed by atoms with Gasteiger partial charge in [0.25, 0.3) is 0 Å². The first kappa shape index (κ1) is 16.7. The van der Waals surface area contributed by atoms with Gasteiger partial charge in [-0.3, -0.25) is 4.79 Å². The van der Waals surface area contributed by atoms with Crippen molar-refractivity contribution in [2.24, 2.45) is 11.7 Å². The quantitative estimate of drug-likeness (QED) is 0.702. The van der Waals surface area contributed by atoms with E-state index in [-0.39, 0.29) is 17.9 Å². The molecule has 0 aromatic carbocycles. The van der Waals surface area contributed by atoms with E-state index in [2.05, 4.69) is 4.74 Å². The number of carbonyl (C=O) groups excluding carboxylic acids is 1. The molecule has 1 aliphatic carbocycles. The van der Waals surface area contributed by atoms with Crippen molar-refractivity contribution in [3.63, 3.8) is 0 Å². The smallest absolute Gasteiger partial charge is 0.475 e. The Morgan fingerprint density at radius 2 is 1.83 bits per heavy atom. The van der Waals surface area contributed by atoms with E-state index in [0.29, 0.717) is 0 Å². The van der Waals surface area contributed by atoms with Crippen LogP contribution >= 0.6 is 0 Å². The number of rotatable bonds is 1. The number of aliphatic carboxylic acids is 1. The average molecular weight is 271 g/mol. The van der Waals surface area contributed by atoms with Crippen LogP contribution in [-0.2, 0) is 14.3 Å². The van der Waals surface area contributed by atoms with Crippen LogP contribution in [0.2, 0.25) is 0 Å². The molecule has 1 fully saturated rings. The lowest BCUT2D eigenvalue weighted by Crippen LogP contribution is -2.32. The molecule has 8 heteroatoms. The van der Waals surface area contributed by atoms with Crippen molar-refractivity contribution in [2.75, 3.05) is 7.11 Å². The molecule has 5 nitrogen and oxygen atoms in total. The molecule has 0 heterocycles. The number of halogens is 3. The number of carboxylic acid groups (broad SMARTS) is 1. The summed E-state index contributed by atoms with van der Waals surface area (Å²) in [6.45, 7) is 0. The molecule has 1 saturated carbocycles. The van der Waals surface area contributed by atoms with Crippen LogP contribution in [-0.4, -0.2) is 36.4 Å². The van der Waals surface area contributed by atoms with Crippen LogP contribution in [0.1, 0.15) is 25.7 Å². The van der Waals surface area contributed by atoms with Gasteiger partial charge in [0.15, 0.2) is 0 Å². The zero-order valence-corrected chi connectivity index (χ0v) is 9.87. The number of ether oxygens (including phenoxy) is 1. The van der Waals surface area contributed by atoms with E-state index >= 15 is 0 Å². The zero-order valence-electron chi connectivity index (χ0n) is 9.87. The molecular formula is C10H16F3NO4. The number of methoxy groups -OCH3 is 1. The van der Waals surface area contributed by atoms with Gasteiger partial charge in [-0.1, -0.05) is 6.42 Å². The van der Waals surface area contributed by atoms with Crippen molar-refractivity contribution < 1.29 is 32.6 Å². The van der Waals surface area contributed by atoms with Crippen molar-refractivity contribution in [2.45, 2.75) is 37.9 Å². The van der Waals surface area contributed by atoms with E-state index in [1.807, 2.05) is 0 Å². The summed E-state index contributed by atoms with van der Waals surface area (Å²) in [5, 5.41) is 7.12. The molecule has 0 amide bonds. The number of carboxylic acids is 1. The SMILES string of the molecule is COC(=O)[C@@H]1CCC[C@H](N)C1.O=C(O)C(F)(F)F. The summed E-state index contributed by atoms with van der Waals surface area (Å²) in [6.07, 6.45) is -1.23. The van der Waals surface area contributed by atoms with Crippen molar-refractivity contribution in [3.8, 4) is 0 Å². The van der Waals surface area contributed by atoms with Gasteiger partial charge in [0.1, 0.15) is 0 Å². The molecule has 1 rings (SSSR count). The van der Waals surface area contributed by atoms with Crippen molar-refractivity contribution in [1.82, 2.24) is 0 Å². The first-order chi connectivity index (χ1) is 8.18. The van der Waals surface area contributed by atoms with Gasteiger partial charge >= 0.3 is 18.1 Å². The van der Waals surface area contributed by atoms with Crippen molar-refractivity contribution in [1.29, 1.82) is 0 Å². The van der Waals surface area contributed by atoms with Gasteiger partial charge in [0.05, 0.1) is 13.0 Å². The number of hydrogen-bond acceptors (Lipinski definition) is 4. The standard InChI is InChI=1S/C8H15NO2.C2HF3O2/c1-11-8(10)6-3-2-4-7(9)5-6;3-2(4,5)1(6)7/h6-7H,2-5,9H2,1H3;(H,6,7)/t6-,7+;/m1./s1. The van der Waals surface area contributed by atoms with E-state index in [1.54, 1.807) is 0 Å². The summed E-state index contributed by atoms with van der Waals surface area (Å²) in [7, 11) is 1.43. The molecule has 3 N–H and O–H groups in total. The van der Waals surface area contributed by atoms with Crippen LogP contribution in [0.3, 0.4) is 0 Å². The fraction of sp³-hybridized carbons (Fsp3) is 0.800. The van der Waals surface area contributed by atoms with Gasteiger partial charge in [-0.15, -0.1) is 0 Å². The highest BCUT2D eigenvalue weighted by molar-refractivity contribution is 5.73. The Kier molecular flexibility index (Phi) is 6.67. The van der Waals surface area contributed by atoms with Gasteiger partial charge in [0.2, 0.25) is 0 Å². The lowest BCUT2D eigenvalue weighted by molar-refractivity contribution is -0.192. The highest BCUT2D eigenvalue weighted by atomic mass is 19.4. The van der Waals surface area contributed by atoms with Crippen LogP contribution in [0.4, 0.5) is 13.2 Å². The van der Waals surface area contributed by atoms with Gasteiger partial charge in [-0.05, 0) is 19.3 Å². The Bertz CT molecular complexity index is 293. The molecule has 0 unspecified atom stereocenters. The van der Waals surface area contributed by atoms with E-state index in [1.165, 1.54) is 7.11 Å². The molecule has 0 aromatic heterocycles. The topological polar surface area (TPSA) is 89.6 Å². The second-order valence-corrected chi connectivity index (χ2v) is 3.95. The summed E-state index contributed by atoms with van der Waals surface area (Å²) < 4.78 is 36.4. The van der Waals surface area contributed by atoms with E-state index in [0.717, 1.165) is 25.7 Å². The molecule has 106 valence electrons. The number of esters is 1. The number of nitrogens with two attached hydrogens (primary N) is 1. The summed E-state index contributed by atoms with van der Waals surface area (Å²) >= 11 is 0. The van der Waals surface area contributed by atoms with Gasteiger partial charge in [0, 0.05) is 6.04 Å². The van der Waals surface area contributed by atoms with Crippen molar-refractivity contribution in [3.05, 3.63) is 0 Å². The third-order valence-electron chi connectivity index (χ3n) is 2.49. The van der Waals surface area contributed by atoms with Crippen molar-refractivity contribution >= 4 is 11.9 Å². The zero-order chi connectivity index (χ0) is 14.3. The highest BCUT2D eigenvalue weighted by Crippen LogP contribution is 2.23. The first-order valence-corrected chi connectivity index (χ1v) is 5.32. The minimum atomic E-state index is -5.08. The van der Waals surface area contributed by atoms with Crippen LogP contribution in [0.25, 0.3) is 0 Å². The molecule has 0 aliphatic heterocycles. The Morgan fingerprint density at radius 1 is 1.33 bits per heavy atom.